The van der Waals surface area contributed by atoms with Gasteiger partial charge in [-0.05, 0) is 61.4 Å². The molecule has 1 saturated carbocycles. The van der Waals surface area contributed by atoms with E-state index < -0.39 is 5.97 Å². The fourth-order valence-corrected chi connectivity index (χ4v) is 3.12. The second-order valence-corrected chi connectivity index (χ2v) is 6.56. The highest BCUT2D eigenvalue weighted by Crippen LogP contribution is 2.18. The minimum atomic E-state index is -0.431. The van der Waals surface area contributed by atoms with Crippen molar-refractivity contribution in [3.63, 3.8) is 0 Å². The number of ether oxygens (including phenoxy) is 1. The van der Waals surface area contributed by atoms with Crippen LogP contribution in [0, 0.1) is 0 Å². The number of amides is 2. The molecule has 140 valence electrons. The number of nitrogens with one attached hydrogen (secondary N) is 2. The molecule has 3 rings (SSSR count). The third-order valence-corrected chi connectivity index (χ3v) is 4.66. The van der Waals surface area contributed by atoms with E-state index in [-0.39, 0.29) is 17.9 Å². The first-order chi connectivity index (χ1) is 13.1. The van der Waals surface area contributed by atoms with Crippen molar-refractivity contribution in [2.75, 3.05) is 12.4 Å². The van der Waals surface area contributed by atoms with Gasteiger partial charge in [-0.25, -0.2) is 4.79 Å². The van der Waals surface area contributed by atoms with Gasteiger partial charge in [0.1, 0.15) is 0 Å². The van der Waals surface area contributed by atoms with E-state index in [1.165, 1.54) is 7.11 Å². The van der Waals surface area contributed by atoms with Gasteiger partial charge in [-0.1, -0.05) is 12.8 Å². The summed E-state index contributed by atoms with van der Waals surface area (Å²) in [5, 5.41) is 5.78. The van der Waals surface area contributed by atoms with E-state index in [0.717, 1.165) is 25.7 Å². The van der Waals surface area contributed by atoms with Crippen molar-refractivity contribution in [3.05, 3.63) is 65.2 Å². The first-order valence-corrected chi connectivity index (χ1v) is 8.97. The quantitative estimate of drug-likeness (QED) is 0.795. The van der Waals surface area contributed by atoms with E-state index in [9.17, 15) is 14.4 Å². The van der Waals surface area contributed by atoms with Crippen LogP contribution in [0.15, 0.2) is 48.5 Å². The number of carbonyl (C=O) groups excluding carboxylic acids is 3. The lowest BCUT2D eigenvalue weighted by Crippen LogP contribution is -2.32. The Morgan fingerprint density at radius 1 is 0.815 bits per heavy atom. The average molecular weight is 366 g/mol. The van der Waals surface area contributed by atoms with E-state index >= 15 is 0 Å². The van der Waals surface area contributed by atoms with E-state index in [4.69, 9.17) is 0 Å². The van der Waals surface area contributed by atoms with Crippen molar-refractivity contribution < 1.29 is 19.1 Å². The molecular formula is C21H22N2O4. The van der Waals surface area contributed by atoms with Crippen LogP contribution in [0.4, 0.5) is 5.69 Å². The summed E-state index contributed by atoms with van der Waals surface area (Å²) >= 11 is 0. The second kappa shape index (κ2) is 8.49. The summed E-state index contributed by atoms with van der Waals surface area (Å²) in [6, 6.07) is 13.2. The molecule has 0 aromatic heterocycles. The van der Waals surface area contributed by atoms with Crippen LogP contribution in [-0.4, -0.2) is 30.9 Å². The molecule has 2 N–H and O–H groups in total. The standard InChI is InChI=1S/C21H22N2O4/c1-27-21(26)16-10-12-18(13-11-16)23-20(25)15-8-6-14(7-9-15)19(24)22-17-4-2-3-5-17/h6-13,17H,2-5H2,1H3,(H,22,24)(H,23,25). The van der Waals surface area contributed by atoms with Crippen molar-refractivity contribution in [3.8, 4) is 0 Å². The predicted octanol–water partition coefficient (Wildman–Crippen LogP) is 3.40. The van der Waals surface area contributed by atoms with Crippen molar-refractivity contribution in [2.24, 2.45) is 0 Å². The maximum Gasteiger partial charge on any atom is 0.337 e. The van der Waals surface area contributed by atoms with Crippen molar-refractivity contribution in [1.29, 1.82) is 0 Å². The van der Waals surface area contributed by atoms with Crippen molar-refractivity contribution in [2.45, 2.75) is 31.7 Å². The summed E-state index contributed by atoms with van der Waals surface area (Å²) in [4.78, 5) is 36.0. The van der Waals surface area contributed by atoms with Crippen LogP contribution in [0.2, 0.25) is 0 Å². The van der Waals surface area contributed by atoms with Crippen LogP contribution in [0.1, 0.15) is 56.8 Å². The Morgan fingerprint density at radius 2 is 1.33 bits per heavy atom. The molecule has 2 aromatic rings. The number of esters is 1. The second-order valence-electron chi connectivity index (χ2n) is 6.56. The van der Waals surface area contributed by atoms with Crippen molar-refractivity contribution in [1.82, 2.24) is 5.32 Å². The lowest BCUT2D eigenvalue weighted by atomic mass is 10.1. The summed E-state index contributed by atoms with van der Waals surface area (Å²) < 4.78 is 4.64. The fourth-order valence-electron chi connectivity index (χ4n) is 3.12. The molecule has 0 atom stereocenters. The molecule has 2 aromatic carbocycles. The summed E-state index contributed by atoms with van der Waals surface area (Å²) in [6.45, 7) is 0. The molecule has 0 aliphatic heterocycles. The molecule has 6 heteroatoms. The van der Waals surface area contributed by atoms with Crippen molar-refractivity contribution >= 4 is 23.5 Å². The minimum absolute atomic E-state index is 0.104. The van der Waals surface area contributed by atoms with Gasteiger partial charge in [0.05, 0.1) is 12.7 Å². The highest BCUT2D eigenvalue weighted by molar-refractivity contribution is 6.05. The molecule has 6 nitrogen and oxygen atoms in total. The Balaban J connectivity index is 1.60. The molecule has 0 heterocycles. The topological polar surface area (TPSA) is 84.5 Å². The van der Waals surface area contributed by atoms with E-state index in [2.05, 4.69) is 15.4 Å². The molecule has 27 heavy (non-hydrogen) atoms. The molecule has 2 amide bonds. The SMILES string of the molecule is COC(=O)c1ccc(NC(=O)c2ccc(C(=O)NC3CCCC3)cc2)cc1. The number of benzene rings is 2. The Hall–Kier alpha value is -3.15. The molecule has 0 radical (unpaired) electrons. The molecule has 0 bridgehead atoms. The number of carbonyl (C=O) groups is 3. The van der Waals surface area contributed by atoms with Crippen LogP contribution >= 0.6 is 0 Å². The Morgan fingerprint density at radius 3 is 1.89 bits per heavy atom. The summed E-state index contributed by atoms with van der Waals surface area (Å²) in [6.07, 6.45) is 4.37. The zero-order chi connectivity index (χ0) is 19.2. The number of hydrogen-bond acceptors (Lipinski definition) is 4. The lowest BCUT2D eigenvalue weighted by Gasteiger charge is -2.12. The molecule has 1 aliphatic carbocycles. The van der Waals surface area contributed by atoms with E-state index in [1.807, 2.05) is 0 Å². The zero-order valence-corrected chi connectivity index (χ0v) is 15.2. The molecule has 0 saturated heterocycles. The predicted molar refractivity (Wildman–Crippen MR) is 102 cm³/mol. The first kappa shape index (κ1) is 18.6. The average Bonchev–Trinajstić information content (AvgIpc) is 3.21. The monoisotopic (exact) mass is 366 g/mol. The van der Waals surface area contributed by atoms with Crippen LogP contribution in [0.5, 0.6) is 0 Å². The highest BCUT2D eigenvalue weighted by atomic mass is 16.5. The largest absolute Gasteiger partial charge is 0.465 e. The Labute approximate surface area is 157 Å². The highest BCUT2D eigenvalue weighted by Gasteiger charge is 2.18. The Bertz CT molecular complexity index is 822. The third-order valence-electron chi connectivity index (χ3n) is 4.66. The van der Waals surface area contributed by atoms with Crippen LogP contribution in [0.25, 0.3) is 0 Å². The van der Waals surface area contributed by atoms with E-state index in [0.29, 0.717) is 22.4 Å². The number of hydrogen-bond donors (Lipinski definition) is 2. The van der Waals surface area contributed by atoms with Gasteiger partial charge in [-0.3, -0.25) is 9.59 Å². The zero-order valence-electron chi connectivity index (χ0n) is 15.2. The van der Waals surface area contributed by atoms with E-state index in [1.54, 1.807) is 48.5 Å². The van der Waals surface area contributed by atoms with Gasteiger partial charge in [-0.15, -0.1) is 0 Å². The normalized spacial score (nSPS) is 13.8. The van der Waals surface area contributed by atoms with Gasteiger partial charge < -0.3 is 15.4 Å². The molecule has 0 unspecified atom stereocenters. The maximum atomic E-state index is 12.3. The lowest BCUT2D eigenvalue weighted by molar-refractivity contribution is 0.0600. The van der Waals surface area contributed by atoms with Gasteiger partial charge >= 0.3 is 5.97 Å². The van der Waals surface area contributed by atoms with Crippen LogP contribution in [-0.2, 0) is 4.74 Å². The number of anilines is 1. The van der Waals surface area contributed by atoms with Gasteiger partial charge in [0.25, 0.3) is 11.8 Å². The number of methoxy groups -OCH3 is 1. The summed E-state index contributed by atoms with van der Waals surface area (Å²) in [5.74, 6) is -0.824. The fraction of sp³-hybridized carbons (Fsp3) is 0.286. The third kappa shape index (κ3) is 4.73. The minimum Gasteiger partial charge on any atom is -0.465 e. The first-order valence-electron chi connectivity index (χ1n) is 8.97. The van der Waals surface area contributed by atoms with Crippen LogP contribution in [0.3, 0.4) is 0 Å². The van der Waals surface area contributed by atoms with Gasteiger partial charge in [0.15, 0.2) is 0 Å². The molecule has 0 spiro atoms. The van der Waals surface area contributed by atoms with Crippen LogP contribution < -0.4 is 10.6 Å². The smallest absolute Gasteiger partial charge is 0.337 e. The van der Waals surface area contributed by atoms with Gasteiger partial charge in [0, 0.05) is 22.9 Å². The summed E-state index contributed by atoms with van der Waals surface area (Å²) in [7, 11) is 1.32. The van der Waals surface area contributed by atoms with Gasteiger partial charge in [0.2, 0.25) is 0 Å². The molecular weight excluding hydrogens is 344 g/mol. The number of rotatable bonds is 5. The van der Waals surface area contributed by atoms with Gasteiger partial charge in [-0.2, -0.15) is 0 Å². The summed E-state index contributed by atoms with van der Waals surface area (Å²) in [5.41, 5.74) is 1.97. The molecule has 1 aliphatic rings. The Kier molecular flexibility index (Phi) is 5.86. The molecule has 1 fully saturated rings. The maximum absolute atomic E-state index is 12.3.